The third kappa shape index (κ3) is 2.01. The molecule has 5 heteroatoms. The second-order valence-corrected chi connectivity index (χ2v) is 7.13. The van der Waals surface area contributed by atoms with Gasteiger partial charge in [-0.05, 0) is 47.0 Å². The number of H-pyrrole nitrogens is 1. The minimum absolute atomic E-state index is 0.0526. The second kappa shape index (κ2) is 3.52. The van der Waals surface area contributed by atoms with Crippen LogP contribution in [0, 0.1) is 6.92 Å². The van der Waals surface area contributed by atoms with Crippen molar-refractivity contribution in [3.8, 4) is 0 Å². The summed E-state index contributed by atoms with van der Waals surface area (Å²) in [5, 5.41) is 3.01. The smallest absolute Gasteiger partial charge is 0.408 e. The number of alkyl carbamates (subject to hydrolysis) is 1. The van der Waals surface area contributed by atoms with Crippen LogP contribution in [0.25, 0.3) is 0 Å². The standard InChI is InChI=1S/C14H21N3O2/c1-9-5-15-10(16-9)13-6-14(7-13,8-13)17-11(18)19-12(2,3)4/h5H,6-8H2,1-4H3,(H,15,16)(H,17,18). The van der Waals surface area contributed by atoms with Gasteiger partial charge in [-0.2, -0.15) is 0 Å². The third-order valence-electron chi connectivity index (χ3n) is 4.00. The minimum atomic E-state index is -0.441. The molecule has 4 rings (SSSR count). The first-order valence-corrected chi connectivity index (χ1v) is 6.75. The maximum atomic E-state index is 11.8. The lowest BCUT2D eigenvalue weighted by Crippen LogP contribution is -2.77. The van der Waals surface area contributed by atoms with Crippen LogP contribution in [0.5, 0.6) is 0 Å². The van der Waals surface area contributed by atoms with Gasteiger partial charge in [0.15, 0.2) is 0 Å². The normalized spacial score (nSPS) is 32.2. The Hall–Kier alpha value is -1.52. The second-order valence-electron chi connectivity index (χ2n) is 7.13. The highest BCUT2D eigenvalue weighted by molar-refractivity contribution is 5.70. The molecule has 1 aromatic heterocycles. The molecule has 1 amide bonds. The van der Waals surface area contributed by atoms with Crippen molar-refractivity contribution in [2.45, 2.75) is 63.5 Å². The van der Waals surface area contributed by atoms with Crippen molar-refractivity contribution < 1.29 is 9.53 Å². The monoisotopic (exact) mass is 263 g/mol. The van der Waals surface area contributed by atoms with Crippen molar-refractivity contribution in [1.29, 1.82) is 0 Å². The molecule has 104 valence electrons. The molecule has 3 aliphatic rings. The summed E-state index contributed by atoms with van der Waals surface area (Å²) in [6.45, 7) is 7.64. The predicted octanol–water partition coefficient (Wildman–Crippen LogP) is 2.42. The highest BCUT2D eigenvalue weighted by Crippen LogP contribution is 2.67. The quantitative estimate of drug-likeness (QED) is 0.861. The van der Waals surface area contributed by atoms with Crippen molar-refractivity contribution in [1.82, 2.24) is 15.3 Å². The fourth-order valence-corrected chi connectivity index (χ4v) is 3.37. The highest BCUT2D eigenvalue weighted by Gasteiger charge is 2.70. The van der Waals surface area contributed by atoms with E-state index in [0.29, 0.717) is 0 Å². The third-order valence-corrected chi connectivity index (χ3v) is 4.00. The van der Waals surface area contributed by atoms with Gasteiger partial charge in [0.05, 0.1) is 0 Å². The number of carbonyl (C=O) groups excluding carboxylic acids is 1. The maximum Gasteiger partial charge on any atom is 0.408 e. The molecule has 3 saturated carbocycles. The number of amides is 1. The molecule has 5 nitrogen and oxygen atoms in total. The molecular formula is C14H21N3O2. The summed E-state index contributed by atoms with van der Waals surface area (Å²) < 4.78 is 5.30. The zero-order chi connectivity index (χ0) is 13.9. The largest absolute Gasteiger partial charge is 0.444 e. The average molecular weight is 263 g/mol. The summed E-state index contributed by atoms with van der Waals surface area (Å²) in [4.78, 5) is 19.5. The first-order valence-electron chi connectivity index (χ1n) is 6.75. The van der Waals surface area contributed by atoms with Gasteiger partial charge < -0.3 is 15.0 Å². The Morgan fingerprint density at radius 3 is 2.53 bits per heavy atom. The zero-order valence-corrected chi connectivity index (χ0v) is 12.0. The zero-order valence-electron chi connectivity index (χ0n) is 12.0. The number of aryl methyl sites for hydroxylation is 1. The van der Waals surface area contributed by atoms with E-state index in [9.17, 15) is 4.79 Å². The molecule has 0 spiro atoms. The van der Waals surface area contributed by atoms with Crippen LogP contribution in [0.3, 0.4) is 0 Å². The van der Waals surface area contributed by atoms with E-state index >= 15 is 0 Å². The molecule has 1 heterocycles. The first-order chi connectivity index (χ1) is 8.72. The van der Waals surface area contributed by atoms with Crippen LogP contribution in [-0.4, -0.2) is 27.2 Å². The molecule has 0 aliphatic heterocycles. The number of aromatic amines is 1. The van der Waals surface area contributed by atoms with Crippen molar-refractivity contribution in [3.05, 3.63) is 17.7 Å². The van der Waals surface area contributed by atoms with Gasteiger partial charge in [0.2, 0.25) is 0 Å². The summed E-state index contributed by atoms with van der Waals surface area (Å²) in [7, 11) is 0. The molecule has 0 atom stereocenters. The molecule has 2 bridgehead atoms. The Morgan fingerprint density at radius 2 is 2.05 bits per heavy atom. The number of rotatable bonds is 2. The Labute approximate surface area is 113 Å². The topological polar surface area (TPSA) is 67.0 Å². The summed E-state index contributed by atoms with van der Waals surface area (Å²) in [5.41, 5.74) is 0.768. The number of ether oxygens (including phenoxy) is 1. The van der Waals surface area contributed by atoms with Crippen LogP contribution in [0.2, 0.25) is 0 Å². The van der Waals surface area contributed by atoms with Gasteiger partial charge in [-0.1, -0.05) is 0 Å². The van der Waals surface area contributed by atoms with Gasteiger partial charge in [-0.25, -0.2) is 9.78 Å². The van der Waals surface area contributed by atoms with Gasteiger partial charge in [-0.15, -0.1) is 0 Å². The SMILES string of the molecule is Cc1cnc(C23CC(NC(=O)OC(C)(C)C)(C2)C3)[nH]1. The van der Waals surface area contributed by atoms with E-state index in [4.69, 9.17) is 4.74 Å². The first kappa shape index (κ1) is 12.5. The number of imidazole rings is 1. The molecule has 0 saturated heterocycles. The Kier molecular flexibility index (Phi) is 2.32. The van der Waals surface area contributed by atoms with E-state index in [2.05, 4.69) is 15.3 Å². The lowest BCUT2D eigenvalue weighted by molar-refractivity contribution is -0.0931. The van der Waals surface area contributed by atoms with Gasteiger partial charge in [0, 0.05) is 22.8 Å². The molecular weight excluding hydrogens is 242 g/mol. The number of hydrogen-bond donors (Lipinski definition) is 2. The highest BCUT2D eigenvalue weighted by atomic mass is 16.6. The molecule has 1 aromatic rings. The van der Waals surface area contributed by atoms with Gasteiger partial charge >= 0.3 is 6.09 Å². The molecule has 2 N–H and O–H groups in total. The van der Waals surface area contributed by atoms with Crippen LogP contribution in [0.15, 0.2) is 6.20 Å². The van der Waals surface area contributed by atoms with E-state index in [0.717, 1.165) is 30.8 Å². The maximum absolute atomic E-state index is 11.8. The summed E-state index contributed by atoms with van der Waals surface area (Å²) in [6.07, 6.45) is 4.45. The lowest BCUT2D eigenvalue weighted by Gasteiger charge is -2.69. The molecule has 0 unspecified atom stereocenters. The fraction of sp³-hybridized carbons (Fsp3) is 0.714. The van der Waals surface area contributed by atoms with E-state index < -0.39 is 5.60 Å². The van der Waals surface area contributed by atoms with Gasteiger partial charge in [0.25, 0.3) is 0 Å². The number of hydrogen-bond acceptors (Lipinski definition) is 3. The lowest BCUT2D eigenvalue weighted by atomic mass is 9.39. The van der Waals surface area contributed by atoms with Crippen LogP contribution in [0.4, 0.5) is 4.79 Å². The summed E-state index contributed by atoms with van der Waals surface area (Å²) >= 11 is 0. The van der Waals surface area contributed by atoms with Crippen LogP contribution < -0.4 is 5.32 Å². The van der Waals surface area contributed by atoms with E-state index in [1.807, 2.05) is 33.9 Å². The number of nitrogens with one attached hydrogen (secondary N) is 2. The van der Waals surface area contributed by atoms with Crippen LogP contribution >= 0.6 is 0 Å². The van der Waals surface area contributed by atoms with E-state index in [-0.39, 0.29) is 17.0 Å². The number of nitrogens with zero attached hydrogens (tertiary/aromatic N) is 1. The summed E-state index contributed by atoms with van der Waals surface area (Å²) in [5.74, 6) is 1.07. The number of carbonyl (C=O) groups is 1. The van der Waals surface area contributed by atoms with Crippen molar-refractivity contribution in [2.24, 2.45) is 0 Å². The van der Waals surface area contributed by atoms with E-state index in [1.165, 1.54) is 0 Å². The van der Waals surface area contributed by atoms with E-state index in [1.54, 1.807) is 0 Å². The Morgan fingerprint density at radius 1 is 1.42 bits per heavy atom. The van der Waals surface area contributed by atoms with Crippen molar-refractivity contribution in [3.63, 3.8) is 0 Å². The van der Waals surface area contributed by atoms with Crippen molar-refractivity contribution >= 4 is 6.09 Å². The Balaban J connectivity index is 1.57. The number of aromatic nitrogens is 2. The fourth-order valence-electron chi connectivity index (χ4n) is 3.37. The molecule has 3 aliphatic carbocycles. The van der Waals surface area contributed by atoms with Crippen LogP contribution in [-0.2, 0) is 10.2 Å². The minimum Gasteiger partial charge on any atom is -0.444 e. The predicted molar refractivity (Wildman–Crippen MR) is 71.0 cm³/mol. The summed E-state index contributed by atoms with van der Waals surface area (Å²) in [6, 6.07) is 0. The molecule has 0 aromatic carbocycles. The van der Waals surface area contributed by atoms with Crippen molar-refractivity contribution in [2.75, 3.05) is 0 Å². The average Bonchev–Trinajstić information content (AvgIpc) is 2.52. The molecule has 3 fully saturated rings. The van der Waals surface area contributed by atoms with Gasteiger partial charge in [-0.3, -0.25) is 0 Å². The molecule has 19 heavy (non-hydrogen) atoms. The Bertz CT molecular complexity index is 507. The van der Waals surface area contributed by atoms with Crippen LogP contribution in [0.1, 0.15) is 51.6 Å². The van der Waals surface area contributed by atoms with Gasteiger partial charge in [0.1, 0.15) is 11.4 Å². The molecule has 0 radical (unpaired) electrons.